The lowest BCUT2D eigenvalue weighted by Crippen LogP contribution is -2.42. The van der Waals surface area contributed by atoms with E-state index in [1.165, 1.54) is 5.69 Å². The fourth-order valence-corrected chi connectivity index (χ4v) is 2.01. The third-order valence-corrected chi connectivity index (χ3v) is 2.92. The van der Waals surface area contributed by atoms with E-state index >= 15 is 0 Å². The van der Waals surface area contributed by atoms with Gasteiger partial charge in [0.25, 0.3) is 0 Å². The van der Waals surface area contributed by atoms with Crippen molar-refractivity contribution < 1.29 is 4.84 Å². The zero-order valence-electron chi connectivity index (χ0n) is 9.72. The molecule has 0 aliphatic carbocycles. The molecule has 16 heavy (non-hydrogen) atoms. The molecular weight excluding hydrogens is 202 g/mol. The molecule has 0 atom stereocenters. The quantitative estimate of drug-likeness (QED) is 0.783. The van der Waals surface area contributed by atoms with Gasteiger partial charge in [0.15, 0.2) is 0 Å². The molecule has 1 aromatic heterocycles. The minimum absolute atomic E-state index is 0.498. The summed E-state index contributed by atoms with van der Waals surface area (Å²) in [6.45, 7) is 4.88. The molecule has 2 heterocycles. The van der Waals surface area contributed by atoms with Gasteiger partial charge >= 0.3 is 0 Å². The Kier molecular flexibility index (Phi) is 4.13. The van der Waals surface area contributed by atoms with Crippen molar-refractivity contribution in [3.05, 3.63) is 24.5 Å². The summed E-state index contributed by atoms with van der Waals surface area (Å²) in [5.41, 5.74) is 4.37. The molecule has 2 rings (SSSR count). The van der Waals surface area contributed by atoms with E-state index in [2.05, 4.69) is 27.5 Å². The van der Waals surface area contributed by atoms with E-state index in [4.69, 9.17) is 4.84 Å². The number of hydrogen-bond acceptors (Lipinski definition) is 4. The molecule has 0 unspecified atom stereocenters. The van der Waals surface area contributed by atoms with Crippen LogP contribution in [-0.2, 0) is 4.84 Å². The second kappa shape index (κ2) is 5.82. The van der Waals surface area contributed by atoms with Gasteiger partial charge in [-0.3, -0.25) is 4.98 Å². The number of hydrogen-bond donors (Lipinski definition) is 1. The molecule has 0 saturated carbocycles. The highest BCUT2D eigenvalue weighted by molar-refractivity contribution is 5.44. The molecule has 88 valence electrons. The lowest BCUT2D eigenvalue weighted by molar-refractivity contribution is 0.0186. The third kappa shape index (κ3) is 2.93. The molecule has 0 radical (unpaired) electrons. The van der Waals surface area contributed by atoms with Crippen LogP contribution in [0.1, 0.15) is 19.8 Å². The molecule has 4 heteroatoms. The van der Waals surface area contributed by atoms with Crippen LogP contribution in [-0.4, -0.2) is 30.7 Å². The smallest absolute Gasteiger partial charge is 0.0654 e. The Morgan fingerprint density at radius 2 is 2.06 bits per heavy atom. The summed E-state index contributed by atoms with van der Waals surface area (Å²) in [5, 5.41) is 0. The van der Waals surface area contributed by atoms with E-state index in [1.54, 1.807) is 0 Å². The van der Waals surface area contributed by atoms with E-state index in [1.807, 2.05) is 19.3 Å². The molecular formula is C12H19N3O. The zero-order valence-corrected chi connectivity index (χ0v) is 9.72. The van der Waals surface area contributed by atoms with Gasteiger partial charge in [-0.25, -0.2) is 0 Å². The van der Waals surface area contributed by atoms with Gasteiger partial charge in [-0.2, -0.15) is 5.48 Å². The van der Waals surface area contributed by atoms with Crippen molar-refractivity contribution in [3.8, 4) is 0 Å². The fraction of sp³-hybridized carbons (Fsp3) is 0.583. The van der Waals surface area contributed by atoms with Gasteiger partial charge in [-0.05, 0) is 31.9 Å². The van der Waals surface area contributed by atoms with Crippen LogP contribution in [0.25, 0.3) is 0 Å². The standard InChI is InChI=1S/C12H19N3O/c1-2-16-14-11-5-9-15(10-6-11)12-3-7-13-8-4-12/h3-4,7-8,11,14H,2,5-6,9-10H2,1H3. The predicted octanol–water partition coefficient (Wildman–Crippen LogP) is 1.59. The van der Waals surface area contributed by atoms with Crippen molar-refractivity contribution in [1.29, 1.82) is 0 Å². The minimum atomic E-state index is 0.498. The van der Waals surface area contributed by atoms with Crippen LogP contribution in [0, 0.1) is 0 Å². The summed E-state index contributed by atoms with van der Waals surface area (Å²) in [7, 11) is 0. The Hall–Kier alpha value is -1.13. The summed E-state index contributed by atoms with van der Waals surface area (Å²) < 4.78 is 0. The van der Waals surface area contributed by atoms with Gasteiger partial charge in [-0.15, -0.1) is 0 Å². The van der Waals surface area contributed by atoms with E-state index in [0.29, 0.717) is 6.04 Å². The topological polar surface area (TPSA) is 37.4 Å². The number of piperidine rings is 1. The maximum absolute atomic E-state index is 5.24. The average Bonchev–Trinajstić information content (AvgIpc) is 2.38. The first-order valence-electron chi connectivity index (χ1n) is 5.92. The summed E-state index contributed by atoms with van der Waals surface area (Å²) in [5.74, 6) is 0. The molecule has 1 saturated heterocycles. The first kappa shape index (κ1) is 11.4. The average molecular weight is 221 g/mol. The summed E-state index contributed by atoms with van der Waals surface area (Å²) in [4.78, 5) is 11.7. The SMILES string of the molecule is CCONC1CCN(c2ccncc2)CC1. The van der Waals surface area contributed by atoms with Crippen molar-refractivity contribution in [2.75, 3.05) is 24.6 Å². The largest absolute Gasteiger partial charge is 0.371 e. The molecule has 4 nitrogen and oxygen atoms in total. The minimum Gasteiger partial charge on any atom is -0.371 e. The van der Waals surface area contributed by atoms with Crippen molar-refractivity contribution in [3.63, 3.8) is 0 Å². The number of nitrogens with zero attached hydrogens (tertiary/aromatic N) is 2. The molecule has 0 amide bonds. The molecule has 1 aliphatic rings. The maximum atomic E-state index is 5.24. The van der Waals surface area contributed by atoms with Gasteiger partial charge in [0, 0.05) is 37.2 Å². The van der Waals surface area contributed by atoms with Crippen molar-refractivity contribution >= 4 is 5.69 Å². The normalized spacial score (nSPS) is 17.7. The van der Waals surface area contributed by atoms with Gasteiger partial charge < -0.3 is 9.74 Å². The number of nitrogens with one attached hydrogen (secondary N) is 1. The Balaban J connectivity index is 1.81. The van der Waals surface area contributed by atoms with Gasteiger partial charge in [0.2, 0.25) is 0 Å². The van der Waals surface area contributed by atoms with Crippen molar-refractivity contribution in [2.24, 2.45) is 0 Å². The molecule has 0 spiro atoms. The van der Waals surface area contributed by atoms with E-state index in [-0.39, 0.29) is 0 Å². The Morgan fingerprint density at radius 1 is 1.38 bits per heavy atom. The van der Waals surface area contributed by atoms with E-state index in [0.717, 1.165) is 32.5 Å². The van der Waals surface area contributed by atoms with Crippen LogP contribution in [0.4, 0.5) is 5.69 Å². The molecule has 1 fully saturated rings. The molecule has 0 aromatic carbocycles. The van der Waals surface area contributed by atoms with E-state index < -0.39 is 0 Å². The summed E-state index contributed by atoms with van der Waals surface area (Å²) >= 11 is 0. The van der Waals surface area contributed by atoms with Crippen molar-refractivity contribution in [2.45, 2.75) is 25.8 Å². The number of rotatable bonds is 4. The number of pyridine rings is 1. The monoisotopic (exact) mass is 221 g/mol. The third-order valence-electron chi connectivity index (χ3n) is 2.92. The first-order chi connectivity index (χ1) is 7.90. The number of hydroxylamine groups is 1. The first-order valence-corrected chi connectivity index (χ1v) is 5.92. The molecule has 1 N–H and O–H groups in total. The van der Waals surface area contributed by atoms with Crippen LogP contribution in [0.2, 0.25) is 0 Å². The van der Waals surface area contributed by atoms with Gasteiger partial charge in [0.05, 0.1) is 6.61 Å². The summed E-state index contributed by atoms with van der Waals surface area (Å²) in [6.07, 6.45) is 5.95. The Labute approximate surface area is 96.6 Å². The lowest BCUT2D eigenvalue weighted by atomic mass is 10.1. The maximum Gasteiger partial charge on any atom is 0.0654 e. The predicted molar refractivity (Wildman–Crippen MR) is 64.2 cm³/mol. The van der Waals surface area contributed by atoms with Crippen LogP contribution in [0.15, 0.2) is 24.5 Å². The van der Waals surface area contributed by atoms with Crippen LogP contribution in [0.5, 0.6) is 0 Å². The second-order valence-electron chi connectivity index (χ2n) is 4.02. The highest BCUT2D eigenvalue weighted by Gasteiger charge is 2.18. The van der Waals surface area contributed by atoms with Crippen LogP contribution >= 0.6 is 0 Å². The van der Waals surface area contributed by atoms with E-state index in [9.17, 15) is 0 Å². The lowest BCUT2D eigenvalue weighted by Gasteiger charge is -2.33. The van der Waals surface area contributed by atoms with Gasteiger partial charge in [-0.1, -0.05) is 0 Å². The Morgan fingerprint density at radius 3 is 2.69 bits per heavy atom. The molecule has 1 aromatic rings. The summed E-state index contributed by atoms with van der Waals surface area (Å²) in [6, 6.07) is 4.63. The van der Waals surface area contributed by atoms with Gasteiger partial charge in [0.1, 0.15) is 0 Å². The highest BCUT2D eigenvalue weighted by atomic mass is 16.6. The second-order valence-corrected chi connectivity index (χ2v) is 4.02. The highest BCUT2D eigenvalue weighted by Crippen LogP contribution is 2.18. The fourth-order valence-electron chi connectivity index (χ4n) is 2.01. The Bertz CT molecular complexity index is 296. The molecule has 1 aliphatic heterocycles. The van der Waals surface area contributed by atoms with Crippen LogP contribution < -0.4 is 10.4 Å². The van der Waals surface area contributed by atoms with Crippen molar-refractivity contribution in [1.82, 2.24) is 10.5 Å². The number of anilines is 1. The van der Waals surface area contributed by atoms with Crippen LogP contribution in [0.3, 0.4) is 0 Å². The molecule has 0 bridgehead atoms. The number of aromatic nitrogens is 1. The zero-order chi connectivity index (χ0) is 11.2.